The number of benzene rings is 1. The first-order valence-corrected chi connectivity index (χ1v) is 4.55. The van der Waals surface area contributed by atoms with Crippen LogP contribution in [-0.2, 0) is 0 Å². The summed E-state index contributed by atoms with van der Waals surface area (Å²) in [6, 6.07) is 5.21. The maximum Gasteiger partial charge on any atom is 0.133 e. The van der Waals surface area contributed by atoms with Crippen LogP contribution in [0.25, 0.3) is 10.1 Å². The van der Waals surface area contributed by atoms with Crippen LogP contribution in [0.5, 0.6) is 5.75 Å². The zero-order valence-corrected chi connectivity index (χ0v) is 7.62. The van der Waals surface area contributed by atoms with Crippen LogP contribution in [0.4, 0.5) is 5.69 Å². The highest BCUT2D eigenvalue weighted by molar-refractivity contribution is 7.23. The molecular weight excluding hydrogens is 194 g/mol. The number of rotatable bonds is 0. The van der Waals surface area contributed by atoms with Gasteiger partial charge in [-0.2, -0.15) is 0 Å². The van der Waals surface area contributed by atoms with Crippen molar-refractivity contribution in [1.29, 1.82) is 0 Å². The Morgan fingerprint density at radius 3 is 2.83 bits per heavy atom. The lowest BCUT2D eigenvalue weighted by molar-refractivity contribution is 0.482. The maximum atomic E-state index is 9.41. The molecular formula is C8H6ClNOS. The molecule has 1 heterocycles. The summed E-state index contributed by atoms with van der Waals surface area (Å²) in [7, 11) is 0. The van der Waals surface area contributed by atoms with Gasteiger partial charge in [-0.25, -0.2) is 0 Å². The van der Waals surface area contributed by atoms with Crippen LogP contribution in [0.1, 0.15) is 0 Å². The zero-order chi connectivity index (χ0) is 8.72. The van der Waals surface area contributed by atoms with E-state index in [-0.39, 0.29) is 5.75 Å². The molecule has 0 bridgehead atoms. The first-order chi connectivity index (χ1) is 5.70. The van der Waals surface area contributed by atoms with Gasteiger partial charge in [-0.1, -0.05) is 23.7 Å². The van der Waals surface area contributed by atoms with Crippen molar-refractivity contribution in [3.05, 3.63) is 22.5 Å². The molecule has 0 aliphatic rings. The molecule has 0 aliphatic carbocycles. The Morgan fingerprint density at radius 2 is 2.17 bits per heavy atom. The largest absolute Gasteiger partial charge is 0.506 e. The number of halogens is 1. The van der Waals surface area contributed by atoms with Crippen molar-refractivity contribution < 1.29 is 5.11 Å². The maximum absolute atomic E-state index is 9.41. The molecule has 0 saturated heterocycles. The van der Waals surface area contributed by atoms with Crippen molar-refractivity contribution in [2.45, 2.75) is 0 Å². The van der Waals surface area contributed by atoms with E-state index in [1.54, 1.807) is 12.1 Å². The van der Waals surface area contributed by atoms with Crippen LogP contribution in [0, 0.1) is 0 Å². The predicted molar refractivity (Wildman–Crippen MR) is 52.9 cm³/mol. The molecule has 0 radical (unpaired) electrons. The molecule has 0 aliphatic heterocycles. The number of nitrogen functional groups attached to an aromatic ring is 1. The summed E-state index contributed by atoms with van der Waals surface area (Å²) in [5, 5.41) is 10.2. The predicted octanol–water partition coefficient (Wildman–Crippen LogP) is 2.84. The van der Waals surface area contributed by atoms with Gasteiger partial charge in [0.05, 0.1) is 10.4 Å². The third-order valence-electron chi connectivity index (χ3n) is 1.69. The Labute approximate surface area is 78.2 Å². The van der Waals surface area contributed by atoms with E-state index in [1.165, 1.54) is 11.3 Å². The van der Waals surface area contributed by atoms with E-state index in [1.807, 2.05) is 6.07 Å². The summed E-state index contributed by atoms with van der Waals surface area (Å²) >= 11 is 7.10. The third-order valence-corrected chi connectivity index (χ3v) is 3.16. The molecule has 62 valence electrons. The normalized spacial score (nSPS) is 10.8. The Morgan fingerprint density at radius 1 is 1.42 bits per heavy atom. The van der Waals surface area contributed by atoms with Crippen molar-refractivity contribution in [3.8, 4) is 5.75 Å². The van der Waals surface area contributed by atoms with Crippen LogP contribution >= 0.6 is 22.9 Å². The van der Waals surface area contributed by atoms with Crippen LogP contribution < -0.4 is 5.73 Å². The average molecular weight is 200 g/mol. The summed E-state index contributed by atoms with van der Waals surface area (Å²) in [6.45, 7) is 0. The average Bonchev–Trinajstić information content (AvgIpc) is 2.32. The van der Waals surface area contributed by atoms with E-state index in [4.69, 9.17) is 17.3 Å². The minimum atomic E-state index is 0.233. The molecule has 0 saturated carbocycles. The zero-order valence-electron chi connectivity index (χ0n) is 6.04. The van der Waals surface area contributed by atoms with Gasteiger partial charge in [0.15, 0.2) is 0 Å². The summed E-state index contributed by atoms with van der Waals surface area (Å²) < 4.78 is 1.28. The molecule has 2 rings (SSSR count). The lowest BCUT2D eigenvalue weighted by atomic mass is 10.2. The minimum absolute atomic E-state index is 0.233. The fourth-order valence-electron chi connectivity index (χ4n) is 1.09. The number of hydrogen-bond acceptors (Lipinski definition) is 3. The Hall–Kier alpha value is -0.930. The van der Waals surface area contributed by atoms with Gasteiger partial charge < -0.3 is 10.8 Å². The van der Waals surface area contributed by atoms with Crippen molar-refractivity contribution in [2.24, 2.45) is 0 Å². The van der Waals surface area contributed by atoms with Gasteiger partial charge in [-0.05, 0) is 6.07 Å². The van der Waals surface area contributed by atoms with Gasteiger partial charge >= 0.3 is 0 Å². The highest BCUT2D eigenvalue weighted by atomic mass is 35.5. The van der Waals surface area contributed by atoms with Gasteiger partial charge in [0.2, 0.25) is 0 Å². The van der Waals surface area contributed by atoms with E-state index in [2.05, 4.69) is 0 Å². The summed E-state index contributed by atoms with van der Waals surface area (Å²) in [6.07, 6.45) is 0. The first kappa shape index (κ1) is 7.71. The van der Waals surface area contributed by atoms with Crippen molar-refractivity contribution in [1.82, 2.24) is 0 Å². The summed E-state index contributed by atoms with van der Waals surface area (Å²) in [4.78, 5) is 0. The van der Waals surface area contributed by atoms with Gasteiger partial charge in [0, 0.05) is 5.39 Å². The lowest BCUT2D eigenvalue weighted by Crippen LogP contribution is -1.80. The Bertz CT molecular complexity index is 438. The summed E-state index contributed by atoms with van der Waals surface area (Å²) in [5.41, 5.74) is 6.22. The topological polar surface area (TPSA) is 46.2 Å². The van der Waals surface area contributed by atoms with Gasteiger partial charge in [-0.15, -0.1) is 11.3 Å². The van der Waals surface area contributed by atoms with E-state index < -0.39 is 0 Å². The highest BCUT2D eigenvalue weighted by Gasteiger charge is 2.09. The van der Waals surface area contributed by atoms with Gasteiger partial charge in [-0.3, -0.25) is 0 Å². The molecule has 4 heteroatoms. The van der Waals surface area contributed by atoms with Gasteiger partial charge in [0.25, 0.3) is 0 Å². The molecule has 1 aromatic carbocycles. The van der Waals surface area contributed by atoms with Crippen molar-refractivity contribution >= 4 is 38.7 Å². The van der Waals surface area contributed by atoms with Crippen LogP contribution in [0.3, 0.4) is 0 Å². The number of hydrogen-bond donors (Lipinski definition) is 2. The minimum Gasteiger partial charge on any atom is -0.506 e. The second-order valence-electron chi connectivity index (χ2n) is 2.44. The highest BCUT2D eigenvalue weighted by Crippen LogP contribution is 2.41. The number of thiophene rings is 1. The number of phenols is 1. The first-order valence-electron chi connectivity index (χ1n) is 3.35. The number of aromatic hydroxyl groups is 1. The molecule has 2 aromatic rings. The second-order valence-corrected chi connectivity index (χ2v) is 4.07. The second kappa shape index (κ2) is 2.54. The molecule has 0 amide bonds. The van der Waals surface area contributed by atoms with E-state index in [0.29, 0.717) is 10.0 Å². The lowest BCUT2D eigenvalue weighted by Gasteiger charge is -1.92. The van der Waals surface area contributed by atoms with Crippen molar-refractivity contribution in [2.75, 3.05) is 5.73 Å². The molecule has 0 fully saturated rings. The molecule has 0 spiro atoms. The molecule has 3 N–H and O–H groups in total. The molecule has 0 unspecified atom stereocenters. The van der Waals surface area contributed by atoms with Crippen molar-refractivity contribution in [3.63, 3.8) is 0 Å². The molecule has 0 atom stereocenters. The van der Waals surface area contributed by atoms with Gasteiger partial charge in [0.1, 0.15) is 10.1 Å². The Balaban J connectivity index is 2.95. The molecule has 12 heavy (non-hydrogen) atoms. The summed E-state index contributed by atoms with van der Waals surface area (Å²) in [5.74, 6) is 0.233. The van der Waals surface area contributed by atoms with Crippen LogP contribution in [0.2, 0.25) is 4.34 Å². The molecule has 1 aromatic heterocycles. The fourth-order valence-corrected chi connectivity index (χ4v) is 2.29. The number of fused-ring (bicyclic) bond motifs is 1. The molecule has 2 nitrogen and oxygen atoms in total. The van der Waals surface area contributed by atoms with Crippen LogP contribution in [0.15, 0.2) is 18.2 Å². The number of phenolic OH excluding ortho intramolecular Hbond substituents is 1. The Kier molecular flexibility index (Phi) is 1.63. The quantitative estimate of drug-likeness (QED) is 0.686. The van der Waals surface area contributed by atoms with E-state index >= 15 is 0 Å². The number of anilines is 1. The van der Waals surface area contributed by atoms with E-state index in [9.17, 15) is 5.11 Å². The standard InChI is InChI=1S/C8H6ClNOS/c9-8-6(10)4-2-1-3-5(11)7(4)12-8/h1-3,11H,10H2. The fraction of sp³-hybridized carbons (Fsp3) is 0. The van der Waals surface area contributed by atoms with Crippen LogP contribution in [-0.4, -0.2) is 5.11 Å². The third kappa shape index (κ3) is 0.940. The monoisotopic (exact) mass is 199 g/mol. The number of nitrogens with two attached hydrogens (primary N) is 1. The SMILES string of the molecule is Nc1c(Cl)sc2c(O)cccc12. The smallest absolute Gasteiger partial charge is 0.133 e. The van der Waals surface area contributed by atoms with E-state index in [0.717, 1.165) is 10.1 Å².